The van der Waals surface area contributed by atoms with Gasteiger partial charge in [-0.2, -0.15) is 0 Å². The first-order valence-corrected chi connectivity index (χ1v) is 6.03. The van der Waals surface area contributed by atoms with E-state index in [1.807, 2.05) is 24.9 Å². The summed E-state index contributed by atoms with van der Waals surface area (Å²) < 4.78 is 28.3. The Morgan fingerprint density at radius 2 is 2.41 bits per heavy atom. The standard InChI is InChI=1S/C12H19F2N3/c1-15-10(7-11-16-5-6-17(11)2)9-3-4-12(13,14)8-9/h5-6,9-10,15H,3-4,7-8H2,1-2H3. The van der Waals surface area contributed by atoms with Crippen molar-refractivity contribution in [1.29, 1.82) is 0 Å². The lowest BCUT2D eigenvalue weighted by molar-refractivity contribution is 0.00339. The Morgan fingerprint density at radius 3 is 2.88 bits per heavy atom. The first-order valence-electron chi connectivity index (χ1n) is 6.03. The van der Waals surface area contributed by atoms with Crippen molar-refractivity contribution in [3.63, 3.8) is 0 Å². The van der Waals surface area contributed by atoms with Crippen molar-refractivity contribution in [3.8, 4) is 0 Å². The maximum Gasteiger partial charge on any atom is 0.248 e. The lowest BCUT2D eigenvalue weighted by Gasteiger charge is -2.22. The summed E-state index contributed by atoms with van der Waals surface area (Å²) in [6.45, 7) is 0. The number of imidazole rings is 1. The molecule has 1 aromatic rings. The Bertz CT molecular complexity index is 376. The number of aromatic nitrogens is 2. The Balaban J connectivity index is 2.00. The fourth-order valence-corrected chi connectivity index (χ4v) is 2.62. The van der Waals surface area contributed by atoms with Crippen molar-refractivity contribution in [3.05, 3.63) is 18.2 Å². The molecular weight excluding hydrogens is 224 g/mol. The minimum Gasteiger partial charge on any atom is -0.338 e. The van der Waals surface area contributed by atoms with Gasteiger partial charge in [0, 0.05) is 44.7 Å². The monoisotopic (exact) mass is 243 g/mol. The molecule has 0 bridgehead atoms. The third-order valence-electron chi connectivity index (χ3n) is 3.70. The van der Waals surface area contributed by atoms with E-state index < -0.39 is 5.92 Å². The summed E-state index contributed by atoms with van der Waals surface area (Å²) in [6, 6.07) is 0.0875. The van der Waals surface area contributed by atoms with Crippen LogP contribution in [0.1, 0.15) is 25.1 Å². The van der Waals surface area contributed by atoms with Crippen LogP contribution < -0.4 is 5.32 Å². The first kappa shape index (κ1) is 12.5. The van der Waals surface area contributed by atoms with E-state index in [1.165, 1.54) is 0 Å². The first-order chi connectivity index (χ1) is 8.02. The van der Waals surface area contributed by atoms with Gasteiger partial charge in [0.2, 0.25) is 5.92 Å². The molecule has 1 aromatic heterocycles. The van der Waals surface area contributed by atoms with E-state index in [0.717, 1.165) is 5.82 Å². The molecule has 1 aliphatic rings. The predicted molar refractivity (Wildman–Crippen MR) is 62.0 cm³/mol. The molecule has 2 atom stereocenters. The van der Waals surface area contributed by atoms with Crippen LogP contribution in [0, 0.1) is 5.92 Å². The molecule has 3 nitrogen and oxygen atoms in total. The SMILES string of the molecule is CNC(Cc1nccn1C)C1CCC(F)(F)C1. The Morgan fingerprint density at radius 1 is 1.65 bits per heavy atom. The number of aryl methyl sites for hydroxylation is 1. The maximum atomic E-state index is 13.2. The van der Waals surface area contributed by atoms with Gasteiger partial charge in [-0.05, 0) is 19.4 Å². The van der Waals surface area contributed by atoms with E-state index in [4.69, 9.17) is 0 Å². The lowest BCUT2D eigenvalue weighted by atomic mass is 9.95. The maximum absolute atomic E-state index is 13.2. The van der Waals surface area contributed by atoms with Crippen LogP contribution in [0.4, 0.5) is 8.78 Å². The van der Waals surface area contributed by atoms with Crippen molar-refractivity contribution in [2.24, 2.45) is 13.0 Å². The summed E-state index contributed by atoms with van der Waals surface area (Å²) in [5.74, 6) is -1.48. The van der Waals surface area contributed by atoms with Crippen LogP contribution in [0.25, 0.3) is 0 Å². The fraction of sp³-hybridized carbons (Fsp3) is 0.750. The Hall–Kier alpha value is -0.970. The molecule has 1 aliphatic carbocycles. The van der Waals surface area contributed by atoms with Crippen LogP contribution in [0.3, 0.4) is 0 Å². The van der Waals surface area contributed by atoms with Crippen LogP contribution in [-0.2, 0) is 13.5 Å². The number of nitrogens with one attached hydrogen (secondary N) is 1. The van der Waals surface area contributed by atoms with Gasteiger partial charge in [-0.3, -0.25) is 0 Å². The number of hydrogen-bond acceptors (Lipinski definition) is 2. The summed E-state index contributed by atoms with van der Waals surface area (Å²) >= 11 is 0. The van der Waals surface area contributed by atoms with Crippen LogP contribution in [-0.4, -0.2) is 28.6 Å². The van der Waals surface area contributed by atoms with E-state index in [1.54, 1.807) is 6.20 Å². The molecule has 1 fully saturated rings. The van der Waals surface area contributed by atoms with E-state index in [2.05, 4.69) is 10.3 Å². The van der Waals surface area contributed by atoms with Gasteiger partial charge in [0.05, 0.1) is 0 Å². The molecule has 0 radical (unpaired) electrons. The van der Waals surface area contributed by atoms with Crippen molar-refractivity contribution < 1.29 is 8.78 Å². The smallest absolute Gasteiger partial charge is 0.248 e. The molecule has 0 aliphatic heterocycles. The lowest BCUT2D eigenvalue weighted by Crippen LogP contribution is -2.35. The fourth-order valence-electron chi connectivity index (χ4n) is 2.62. The normalized spacial score (nSPS) is 25.1. The number of likely N-dealkylation sites (N-methyl/N-ethyl adjacent to an activating group) is 1. The molecule has 2 unspecified atom stereocenters. The summed E-state index contributed by atoms with van der Waals surface area (Å²) in [7, 11) is 3.77. The molecule has 5 heteroatoms. The van der Waals surface area contributed by atoms with Crippen LogP contribution >= 0.6 is 0 Å². The number of hydrogen-bond donors (Lipinski definition) is 1. The van der Waals surface area contributed by atoms with Gasteiger partial charge >= 0.3 is 0 Å². The quantitative estimate of drug-likeness (QED) is 0.876. The largest absolute Gasteiger partial charge is 0.338 e. The van der Waals surface area contributed by atoms with Gasteiger partial charge in [0.1, 0.15) is 5.82 Å². The number of alkyl halides is 2. The van der Waals surface area contributed by atoms with E-state index in [0.29, 0.717) is 12.8 Å². The summed E-state index contributed by atoms with van der Waals surface area (Å²) in [4.78, 5) is 4.25. The highest BCUT2D eigenvalue weighted by Gasteiger charge is 2.42. The average Bonchev–Trinajstić information content (AvgIpc) is 2.82. The molecule has 1 N–H and O–H groups in total. The van der Waals surface area contributed by atoms with Gasteiger partial charge in [-0.25, -0.2) is 13.8 Å². The third-order valence-corrected chi connectivity index (χ3v) is 3.70. The predicted octanol–water partition coefficient (Wildman–Crippen LogP) is 1.99. The zero-order valence-electron chi connectivity index (χ0n) is 10.3. The zero-order valence-corrected chi connectivity index (χ0v) is 10.3. The number of rotatable bonds is 4. The second-order valence-corrected chi connectivity index (χ2v) is 4.91. The second-order valence-electron chi connectivity index (χ2n) is 4.91. The molecule has 0 aromatic carbocycles. The van der Waals surface area contributed by atoms with Gasteiger partial charge in [0.25, 0.3) is 0 Å². The van der Waals surface area contributed by atoms with Crippen molar-refractivity contribution in [2.75, 3.05) is 7.05 Å². The van der Waals surface area contributed by atoms with Gasteiger partial charge < -0.3 is 9.88 Å². The highest BCUT2D eigenvalue weighted by atomic mass is 19.3. The molecule has 0 amide bonds. The van der Waals surface area contributed by atoms with Crippen molar-refractivity contribution >= 4 is 0 Å². The topological polar surface area (TPSA) is 29.9 Å². The molecule has 2 rings (SSSR count). The van der Waals surface area contributed by atoms with Gasteiger partial charge in [-0.15, -0.1) is 0 Å². The molecule has 17 heavy (non-hydrogen) atoms. The highest BCUT2D eigenvalue weighted by molar-refractivity contribution is 4.98. The molecule has 96 valence electrons. The molecule has 1 heterocycles. The second kappa shape index (κ2) is 4.72. The minimum absolute atomic E-state index is 0.00291. The summed E-state index contributed by atoms with van der Waals surface area (Å²) in [6.07, 6.45) is 4.96. The van der Waals surface area contributed by atoms with Crippen LogP contribution in [0.5, 0.6) is 0 Å². The average molecular weight is 243 g/mol. The number of halogens is 2. The minimum atomic E-state index is -2.47. The molecule has 0 saturated heterocycles. The van der Waals surface area contributed by atoms with E-state index in [-0.39, 0.29) is 24.8 Å². The van der Waals surface area contributed by atoms with Crippen LogP contribution in [0.2, 0.25) is 0 Å². The zero-order chi connectivity index (χ0) is 12.5. The van der Waals surface area contributed by atoms with E-state index in [9.17, 15) is 8.78 Å². The van der Waals surface area contributed by atoms with Gasteiger partial charge in [-0.1, -0.05) is 0 Å². The molecular formula is C12H19F2N3. The summed E-state index contributed by atoms with van der Waals surface area (Å²) in [5.41, 5.74) is 0. The van der Waals surface area contributed by atoms with Crippen molar-refractivity contribution in [2.45, 2.75) is 37.6 Å². The Kier molecular flexibility index (Phi) is 3.47. The number of nitrogens with zero attached hydrogens (tertiary/aromatic N) is 2. The van der Waals surface area contributed by atoms with E-state index >= 15 is 0 Å². The van der Waals surface area contributed by atoms with Crippen LogP contribution in [0.15, 0.2) is 12.4 Å². The van der Waals surface area contributed by atoms with Crippen molar-refractivity contribution in [1.82, 2.24) is 14.9 Å². The third kappa shape index (κ3) is 2.83. The van der Waals surface area contributed by atoms with Gasteiger partial charge in [0.15, 0.2) is 0 Å². The summed E-state index contributed by atoms with van der Waals surface area (Å²) in [5, 5.41) is 3.16. The molecule has 1 saturated carbocycles. The Labute approximate surface area is 100 Å². The molecule has 0 spiro atoms. The highest BCUT2D eigenvalue weighted by Crippen LogP contribution is 2.40.